The van der Waals surface area contributed by atoms with Gasteiger partial charge in [-0.15, -0.1) is 10.2 Å². The average Bonchev–Trinajstić information content (AvgIpc) is 3.00. The van der Waals surface area contributed by atoms with Crippen LogP contribution < -0.4 is 0 Å². The number of allylic oxidation sites excluding steroid dienone is 2. The van der Waals surface area contributed by atoms with Gasteiger partial charge < -0.3 is 9.30 Å². The van der Waals surface area contributed by atoms with Crippen LogP contribution >= 0.6 is 23.4 Å². The minimum absolute atomic E-state index is 0.0770. The zero-order chi connectivity index (χ0) is 18.2. The second-order valence-electron chi connectivity index (χ2n) is 4.78. The first-order valence-electron chi connectivity index (χ1n) is 7.32. The third-order valence-electron chi connectivity index (χ3n) is 3.02. The van der Waals surface area contributed by atoms with E-state index in [-0.39, 0.29) is 12.2 Å². The molecule has 1 aromatic heterocycles. The lowest BCUT2D eigenvalue weighted by molar-refractivity contribution is -0.138. The van der Waals surface area contributed by atoms with Crippen LogP contribution in [0.3, 0.4) is 0 Å². The van der Waals surface area contributed by atoms with E-state index in [2.05, 4.69) is 10.2 Å². The average molecular weight is 375 g/mol. The van der Waals surface area contributed by atoms with E-state index in [0.29, 0.717) is 10.2 Å². The summed E-state index contributed by atoms with van der Waals surface area (Å²) in [5.74, 6) is -0.652. The van der Waals surface area contributed by atoms with Gasteiger partial charge in [0.05, 0.1) is 6.61 Å². The Bertz CT molecular complexity index is 850. The highest BCUT2D eigenvalue weighted by Gasteiger charge is 2.11. The number of thioether (sulfide) groups is 1. The third kappa shape index (κ3) is 5.21. The molecular weight excluding hydrogens is 360 g/mol. The Hall–Kier alpha value is -2.56. The first kappa shape index (κ1) is 18.8. The molecule has 0 spiro atoms. The van der Waals surface area contributed by atoms with Gasteiger partial charge >= 0.3 is 5.97 Å². The highest BCUT2D eigenvalue weighted by Crippen LogP contribution is 2.33. The van der Waals surface area contributed by atoms with Crippen molar-refractivity contribution in [1.82, 2.24) is 14.8 Å². The van der Waals surface area contributed by atoms with Crippen molar-refractivity contribution in [1.29, 1.82) is 5.26 Å². The van der Waals surface area contributed by atoms with Crippen LogP contribution in [0.25, 0.3) is 4.91 Å². The maximum Gasteiger partial charge on any atom is 0.348 e. The zero-order valence-electron chi connectivity index (χ0n) is 13.6. The highest BCUT2D eigenvalue weighted by atomic mass is 35.5. The SMILES string of the molecule is CCOC(=O)/C(C#N)=C/C=C(\Sc1nncn1C)c1ccc(Cl)cc1. The van der Waals surface area contributed by atoms with E-state index in [1.807, 2.05) is 25.2 Å². The molecule has 0 aliphatic heterocycles. The predicted octanol–water partition coefficient (Wildman–Crippen LogP) is 3.61. The fourth-order valence-electron chi connectivity index (χ4n) is 1.79. The standard InChI is InChI=1S/C17H15ClN4O2S/c1-3-24-16(23)13(10-19)6-9-15(12-4-7-14(18)8-5-12)25-17-21-20-11-22(17)2/h4-9,11H,3H2,1-2H3/b13-6+,15-9-. The van der Waals surface area contributed by atoms with E-state index < -0.39 is 5.97 Å². The van der Waals surface area contributed by atoms with Crippen molar-refractivity contribution in [3.05, 3.63) is 58.9 Å². The van der Waals surface area contributed by atoms with Gasteiger partial charge in [0.1, 0.15) is 18.0 Å². The number of hydrogen-bond donors (Lipinski definition) is 0. The number of carbonyl (C=O) groups excluding carboxylic acids is 1. The number of nitriles is 1. The summed E-state index contributed by atoms with van der Waals surface area (Å²) in [7, 11) is 1.83. The molecule has 128 valence electrons. The summed E-state index contributed by atoms with van der Waals surface area (Å²) in [5, 5.41) is 18.3. The second-order valence-corrected chi connectivity index (χ2v) is 6.22. The number of carbonyl (C=O) groups is 1. The van der Waals surface area contributed by atoms with Gasteiger partial charge in [0, 0.05) is 17.0 Å². The van der Waals surface area contributed by atoms with Crippen LogP contribution in [0.5, 0.6) is 0 Å². The molecule has 0 N–H and O–H groups in total. The first-order chi connectivity index (χ1) is 12.0. The van der Waals surface area contributed by atoms with Crippen LogP contribution in [0.4, 0.5) is 0 Å². The van der Waals surface area contributed by atoms with Crippen LogP contribution in [0.2, 0.25) is 5.02 Å². The van der Waals surface area contributed by atoms with E-state index >= 15 is 0 Å². The number of nitrogens with zero attached hydrogens (tertiary/aromatic N) is 4. The molecule has 0 radical (unpaired) electrons. The summed E-state index contributed by atoms with van der Waals surface area (Å²) >= 11 is 7.30. The molecular formula is C17H15ClN4O2S. The van der Waals surface area contributed by atoms with Crippen LogP contribution in [-0.4, -0.2) is 27.3 Å². The number of halogens is 1. The zero-order valence-corrected chi connectivity index (χ0v) is 15.2. The van der Waals surface area contributed by atoms with E-state index in [4.69, 9.17) is 21.6 Å². The predicted molar refractivity (Wildman–Crippen MR) is 96.6 cm³/mol. The monoisotopic (exact) mass is 374 g/mol. The maximum atomic E-state index is 11.7. The van der Waals surface area contributed by atoms with Gasteiger partial charge in [-0.1, -0.05) is 23.7 Å². The fourth-order valence-corrected chi connectivity index (χ4v) is 2.78. The maximum absolute atomic E-state index is 11.7. The highest BCUT2D eigenvalue weighted by molar-refractivity contribution is 8.08. The minimum atomic E-state index is -0.652. The number of esters is 1. The van der Waals surface area contributed by atoms with Gasteiger partial charge in [-0.2, -0.15) is 5.26 Å². The summed E-state index contributed by atoms with van der Waals surface area (Å²) in [4.78, 5) is 12.5. The van der Waals surface area contributed by atoms with Crippen molar-refractivity contribution in [2.45, 2.75) is 12.1 Å². The van der Waals surface area contributed by atoms with Crippen LogP contribution in [0.1, 0.15) is 12.5 Å². The summed E-state index contributed by atoms with van der Waals surface area (Å²) in [5.41, 5.74) is 0.793. The molecule has 0 aliphatic carbocycles. The molecule has 0 aliphatic rings. The lowest BCUT2D eigenvalue weighted by Crippen LogP contribution is -2.05. The summed E-state index contributed by atoms with van der Waals surface area (Å²) < 4.78 is 6.64. The molecule has 2 rings (SSSR count). The van der Waals surface area contributed by atoms with Crippen molar-refractivity contribution >= 4 is 34.2 Å². The summed E-state index contributed by atoms with van der Waals surface area (Å²) in [6.45, 7) is 1.89. The van der Waals surface area contributed by atoms with Gasteiger partial charge in [-0.05, 0) is 48.5 Å². The van der Waals surface area contributed by atoms with E-state index in [1.165, 1.54) is 17.8 Å². The molecule has 1 heterocycles. The molecule has 0 saturated carbocycles. The Morgan fingerprint density at radius 2 is 2.12 bits per heavy atom. The molecule has 0 saturated heterocycles. The number of ether oxygens (including phenoxy) is 1. The Morgan fingerprint density at radius 1 is 1.40 bits per heavy atom. The Labute approximate surface area is 154 Å². The van der Waals surface area contributed by atoms with Crippen molar-refractivity contribution in [2.24, 2.45) is 7.05 Å². The van der Waals surface area contributed by atoms with E-state index in [0.717, 1.165) is 10.5 Å². The van der Waals surface area contributed by atoms with Gasteiger partial charge in [0.15, 0.2) is 5.16 Å². The first-order valence-corrected chi connectivity index (χ1v) is 8.51. The smallest absolute Gasteiger partial charge is 0.348 e. The molecule has 0 amide bonds. The van der Waals surface area contributed by atoms with Gasteiger partial charge in [-0.25, -0.2) is 4.79 Å². The quantitative estimate of drug-likeness (QED) is 0.252. The van der Waals surface area contributed by atoms with E-state index in [9.17, 15) is 4.79 Å². The Balaban J connectivity index is 2.39. The molecule has 0 fully saturated rings. The van der Waals surface area contributed by atoms with Gasteiger partial charge in [0.25, 0.3) is 0 Å². The summed E-state index contributed by atoms with van der Waals surface area (Å²) in [6, 6.07) is 9.08. The van der Waals surface area contributed by atoms with Gasteiger partial charge in [-0.3, -0.25) is 0 Å². The molecule has 1 aromatic carbocycles. The third-order valence-corrected chi connectivity index (χ3v) is 4.41. The lowest BCUT2D eigenvalue weighted by Gasteiger charge is -2.07. The molecule has 2 aromatic rings. The topological polar surface area (TPSA) is 80.8 Å². The number of benzene rings is 1. The van der Waals surface area contributed by atoms with E-state index in [1.54, 1.807) is 36.0 Å². The molecule has 25 heavy (non-hydrogen) atoms. The van der Waals surface area contributed by atoms with Crippen molar-refractivity contribution < 1.29 is 9.53 Å². The molecule has 0 bridgehead atoms. The normalized spacial score (nSPS) is 11.9. The number of hydrogen-bond acceptors (Lipinski definition) is 6. The number of aromatic nitrogens is 3. The summed E-state index contributed by atoms with van der Waals surface area (Å²) in [6.07, 6.45) is 4.71. The van der Waals surface area contributed by atoms with Crippen LogP contribution in [-0.2, 0) is 16.6 Å². The van der Waals surface area contributed by atoms with Crippen molar-refractivity contribution in [3.63, 3.8) is 0 Å². The lowest BCUT2D eigenvalue weighted by atomic mass is 10.2. The van der Waals surface area contributed by atoms with Gasteiger partial charge in [0.2, 0.25) is 0 Å². The second kappa shape index (κ2) is 9.06. The fraction of sp³-hybridized carbons (Fsp3) is 0.176. The molecule has 0 atom stereocenters. The Morgan fingerprint density at radius 3 is 2.68 bits per heavy atom. The number of aryl methyl sites for hydroxylation is 1. The molecule has 0 unspecified atom stereocenters. The molecule has 8 heteroatoms. The Kier molecular flexibility index (Phi) is 6.81. The minimum Gasteiger partial charge on any atom is -0.462 e. The number of rotatable bonds is 6. The van der Waals surface area contributed by atoms with Crippen molar-refractivity contribution in [3.8, 4) is 6.07 Å². The molecule has 6 nitrogen and oxygen atoms in total. The van der Waals surface area contributed by atoms with Crippen molar-refractivity contribution in [2.75, 3.05) is 6.61 Å². The largest absolute Gasteiger partial charge is 0.462 e. The van der Waals surface area contributed by atoms with Crippen LogP contribution in [0, 0.1) is 11.3 Å². The van der Waals surface area contributed by atoms with Crippen LogP contribution in [0.15, 0.2) is 53.5 Å².